The standard InChI is InChI=1S/C24H29N3O5/c1-32-20-9-7-17(8-10-20)13-14-27-23(30)21(26-24(27)31)11-12-22(29)25-19(16-28)15-18-5-3-2-4-6-18/h2-10,19,21,28H,11-16H2,1H3,(H,25,29)(H,26,31)/t19-,21?/m0/s1. The van der Waals surface area contributed by atoms with Gasteiger partial charge in [-0.2, -0.15) is 0 Å². The molecule has 1 aliphatic heterocycles. The molecule has 170 valence electrons. The Labute approximate surface area is 187 Å². The van der Waals surface area contributed by atoms with Gasteiger partial charge in [0.05, 0.1) is 19.8 Å². The monoisotopic (exact) mass is 439 g/mol. The molecule has 1 aliphatic rings. The average molecular weight is 440 g/mol. The Morgan fingerprint density at radius 1 is 1.12 bits per heavy atom. The third-order valence-electron chi connectivity index (χ3n) is 5.46. The molecular formula is C24H29N3O5. The van der Waals surface area contributed by atoms with E-state index in [1.165, 1.54) is 4.90 Å². The van der Waals surface area contributed by atoms with Crippen molar-refractivity contribution in [2.75, 3.05) is 20.3 Å². The summed E-state index contributed by atoms with van der Waals surface area (Å²) in [6.45, 7) is 0.0855. The van der Waals surface area contributed by atoms with Crippen LogP contribution >= 0.6 is 0 Å². The van der Waals surface area contributed by atoms with Crippen molar-refractivity contribution in [1.29, 1.82) is 0 Å². The molecule has 0 bridgehead atoms. The highest BCUT2D eigenvalue weighted by molar-refractivity contribution is 6.04. The molecule has 1 fully saturated rings. The van der Waals surface area contributed by atoms with E-state index in [2.05, 4.69) is 10.6 Å². The molecule has 8 nitrogen and oxygen atoms in total. The van der Waals surface area contributed by atoms with Crippen LogP contribution in [-0.2, 0) is 22.4 Å². The van der Waals surface area contributed by atoms with Gasteiger partial charge in [0.2, 0.25) is 5.91 Å². The first-order chi connectivity index (χ1) is 15.5. The van der Waals surface area contributed by atoms with Gasteiger partial charge in [-0.25, -0.2) is 4.79 Å². The Morgan fingerprint density at radius 3 is 2.50 bits per heavy atom. The van der Waals surface area contributed by atoms with Gasteiger partial charge in [0.15, 0.2) is 0 Å². The zero-order valence-electron chi connectivity index (χ0n) is 18.1. The number of nitrogens with one attached hydrogen (secondary N) is 2. The van der Waals surface area contributed by atoms with Crippen LogP contribution in [0.2, 0.25) is 0 Å². The number of urea groups is 1. The topological polar surface area (TPSA) is 108 Å². The van der Waals surface area contributed by atoms with E-state index in [9.17, 15) is 19.5 Å². The minimum atomic E-state index is -0.717. The number of nitrogens with zero attached hydrogens (tertiary/aromatic N) is 1. The molecule has 3 N–H and O–H groups in total. The van der Waals surface area contributed by atoms with Crippen LogP contribution in [0.1, 0.15) is 24.0 Å². The molecule has 8 heteroatoms. The second kappa shape index (κ2) is 11.3. The highest BCUT2D eigenvalue weighted by Crippen LogP contribution is 2.15. The highest BCUT2D eigenvalue weighted by Gasteiger charge is 2.37. The van der Waals surface area contributed by atoms with E-state index in [4.69, 9.17) is 4.74 Å². The second-order valence-electron chi connectivity index (χ2n) is 7.77. The summed E-state index contributed by atoms with van der Waals surface area (Å²) in [5, 5.41) is 15.0. The average Bonchev–Trinajstić information content (AvgIpc) is 3.09. The maximum absolute atomic E-state index is 12.6. The first-order valence-corrected chi connectivity index (χ1v) is 10.7. The Kier molecular flexibility index (Phi) is 8.21. The number of benzene rings is 2. The first-order valence-electron chi connectivity index (χ1n) is 10.7. The van der Waals surface area contributed by atoms with E-state index < -0.39 is 18.1 Å². The third-order valence-corrected chi connectivity index (χ3v) is 5.46. The predicted octanol–water partition coefficient (Wildman–Crippen LogP) is 1.66. The van der Waals surface area contributed by atoms with Crippen molar-refractivity contribution < 1.29 is 24.2 Å². The van der Waals surface area contributed by atoms with E-state index in [0.29, 0.717) is 12.8 Å². The van der Waals surface area contributed by atoms with Crippen molar-refractivity contribution in [3.05, 3.63) is 65.7 Å². The summed E-state index contributed by atoms with van der Waals surface area (Å²) in [6, 6.07) is 15.5. The number of carbonyl (C=O) groups is 3. The summed E-state index contributed by atoms with van der Waals surface area (Å²) in [5.41, 5.74) is 2.00. The van der Waals surface area contributed by atoms with Crippen LogP contribution in [0.4, 0.5) is 4.79 Å². The number of amides is 4. The number of hydrogen-bond donors (Lipinski definition) is 3. The van der Waals surface area contributed by atoms with E-state index in [-0.39, 0.29) is 37.8 Å². The maximum Gasteiger partial charge on any atom is 0.324 e. The third kappa shape index (κ3) is 6.31. The summed E-state index contributed by atoms with van der Waals surface area (Å²) >= 11 is 0. The fraction of sp³-hybridized carbons (Fsp3) is 0.375. The van der Waals surface area contributed by atoms with Crippen LogP contribution in [0.5, 0.6) is 5.75 Å². The molecule has 32 heavy (non-hydrogen) atoms. The normalized spacial score (nSPS) is 16.6. The summed E-state index contributed by atoms with van der Waals surface area (Å²) in [4.78, 5) is 38.4. The number of rotatable bonds is 11. The molecule has 3 rings (SSSR count). The van der Waals surface area contributed by atoms with Crippen LogP contribution in [0.3, 0.4) is 0 Å². The number of imide groups is 1. The lowest BCUT2D eigenvalue weighted by Crippen LogP contribution is -2.40. The lowest BCUT2D eigenvalue weighted by atomic mass is 10.1. The van der Waals surface area contributed by atoms with Gasteiger partial charge in [-0.3, -0.25) is 14.5 Å². The Hall–Kier alpha value is -3.39. The Bertz CT molecular complexity index is 917. The van der Waals surface area contributed by atoms with Gasteiger partial charge in [-0.05, 0) is 42.5 Å². The SMILES string of the molecule is COc1ccc(CCN2C(=O)NC(CCC(=O)N[C@H](CO)Cc3ccccc3)C2=O)cc1. The van der Waals surface area contributed by atoms with Gasteiger partial charge in [0, 0.05) is 13.0 Å². The van der Waals surface area contributed by atoms with E-state index in [1.807, 2.05) is 54.6 Å². The second-order valence-corrected chi connectivity index (χ2v) is 7.77. The first kappa shape index (κ1) is 23.3. The van der Waals surface area contributed by atoms with Gasteiger partial charge in [0.1, 0.15) is 11.8 Å². The van der Waals surface area contributed by atoms with Crippen LogP contribution in [0.15, 0.2) is 54.6 Å². The van der Waals surface area contributed by atoms with Gasteiger partial charge >= 0.3 is 6.03 Å². The van der Waals surface area contributed by atoms with Gasteiger partial charge in [-0.15, -0.1) is 0 Å². The summed E-state index contributed by atoms with van der Waals surface area (Å²) < 4.78 is 5.13. The molecule has 4 amide bonds. The molecule has 0 radical (unpaired) electrons. The number of aliphatic hydroxyl groups excluding tert-OH is 1. The molecular weight excluding hydrogens is 410 g/mol. The number of ether oxygens (including phenoxy) is 1. The minimum absolute atomic E-state index is 0.0777. The van der Waals surface area contributed by atoms with Crippen molar-refractivity contribution in [3.8, 4) is 5.75 Å². The molecule has 0 aromatic heterocycles. The zero-order chi connectivity index (χ0) is 22.9. The number of methoxy groups -OCH3 is 1. The summed E-state index contributed by atoms with van der Waals surface area (Å²) in [7, 11) is 1.59. The zero-order valence-corrected chi connectivity index (χ0v) is 18.1. The van der Waals surface area contributed by atoms with Crippen molar-refractivity contribution >= 4 is 17.8 Å². The molecule has 1 saturated heterocycles. The van der Waals surface area contributed by atoms with E-state index in [1.54, 1.807) is 7.11 Å². The smallest absolute Gasteiger partial charge is 0.324 e. The van der Waals surface area contributed by atoms with Crippen LogP contribution in [0, 0.1) is 0 Å². The molecule has 0 spiro atoms. The van der Waals surface area contributed by atoms with Crippen molar-refractivity contribution in [2.45, 2.75) is 37.8 Å². The van der Waals surface area contributed by atoms with E-state index >= 15 is 0 Å². The van der Waals surface area contributed by atoms with Gasteiger partial charge in [-0.1, -0.05) is 42.5 Å². The Balaban J connectivity index is 1.45. The fourth-order valence-corrected chi connectivity index (χ4v) is 3.65. The number of aliphatic hydroxyl groups is 1. The lowest BCUT2D eigenvalue weighted by Gasteiger charge is -2.17. The van der Waals surface area contributed by atoms with Crippen LogP contribution in [0.25, 0.3) is 0 Å². The molecule has 0 aliphatic carbocycles. The van der Waals surface area contributed by atoms with Crippen LogP contribution in [-0.4, -0.2) is 60.2 Å². The molecule has 2 aromatic carbocycles. The van der Waals surface area contributed by atoms with Crippen molar-refractivity contribution in [1.82, 2.24) is 15.5 Å². The van der Waals surface area contributed by atoms with E-state index in [0.717, 1.165) is 16.9 Å². The highest BCUT2D eigenvalue weighted by atomic mass is 16.5. The molecule has 0 saturated carbocycles. The molecule has 1 unspecified atom stereocenters. The van der Waals surface area contributed by atoms with Gasteiger partial charge < -0.3 is 20.5 Å². The number of hydrogen-bond acceptors (Lipinski definition) is 5. The molecule has 1 heterocycles. The van der Waals surface area contributed by atoms with Crippen LogP contribution < -0.4 is 15.4 Å². The Morgan fingerprint density at radius 2 is 1.84 bits per heavy atom. The minimum Gasteiger partial charge on any atom is -0.497 e. The molecule has 2 atom stereocenters. The van der Waals surface area contributed by atoms with Gasteiger partial charge in [0.25, 0.3) is 5.91 Å². The number of carbonyl (C=O) groups excluding carboxylic acids is 3. The summed E-state index contributed by atoms with van der Waals surface area (Å²) in [5.74, 6) is 0.160. The fourth-order valence-electron chi connectivity index (χ4n) is 3.65. The largest absolute Gasteiger partial charge is 0.497 e. The quantitative estimate of drug-likeness (QED) is 0.462. The lowest BCUT2D eigenvalue weighted by molar-refractivity contribution is -0.127. The maximum atomic E-state index is 12.6. The molecule has 2 aromatic rings. The van der Waals surface area contributed by atoms with Crippen molar-refractivity contribution in [3.63, 3.8) is 0 Å². The van der Waals surface area contributed by atoms with Crippen molar-refractivity contribution in [2.24, 2.45) is 0 Å². The predicted molar refractivity (Wildman–Crippen MR) is 119 cm³/mol. The summed E-state index contributed by atoms with van der Waals surface area (Å²) in [6.07, 6.45) is 1.34.